The SMILES string of the molecule is Cc1ccc(N2CCN(CC(O)Cn3c(C)c(C)c4ccccc43)CC2)cc1.Cl. The van der Waals surface area contributed by atoms with Gasteiger partial charge in [-0.25, -0.2) is 0 Å². The van der Waals surface area contributed by atoms with Gasteiger partial charge in [0.2, 0.25) is 0 Å². The molecule has 0 aliphatic carbocycles. The van der Waals surface area contributed by atoms with Gasteiger partial charge in [0.05, 0.1) is 12.6 Å². The largest absolute Gasteiger partial charge is 0.390 e. The number of benzene rings is 2. The molecule has 1 saturated heterocycles. The van der Waals surface area contributed by atoms with E-state index in [1.54, 1.807) is 0 Å². The Morgan fingerprint density at radius 3 is 2.21 bits per heavy atom. The summed E-state index contributed by atoms with van der Waals surface area (Å²) in [6, 6.07) is 17.3. The average molecular weight is 414 g/mol. The molecule has 156 valence electrons. The van der Waals surface area contributed by atoms with Gasteiger partial charge >= 0.3 is 0 Å². The molecule has 2 aromatic carbocycles. The first-order valence-electron chi connectivity index (χ1n) is 10.3. The number of hydrogen-bond acceptors (Lipinski definition) is 3. The lowest BCUT2D eigenvalue weighted by Crippen LogP contribution is -2.49. The second-order valence-corrected chi connectivity index (χ2v) is 8.12. The maximum Gasteiger partial charge on any atom is 0.0845 e. The van der Waals surface area contributed by atoms with E-state index in [1.807, 2.05) is 0 Å². The van der Waals surface area contributed by atoms with Gasteiger partial charge in [-0.1, -0.05) is 35.9 Å². The van der Waals surface area contributed by atoms with E-state index in [1.165, 1.54) is 33.4 Å². The number of piperazine rings is 1. The van der Waals surface area contributed by atoms with Gasteiger partial charge in [-0.05, 0) is 44.5 Å². The molecular weight excluding hydrogens is 382 g/mol. The molecule has 0 radical (unpaired) electrons. The second kappa shape index (κ2) is 9.21. The third-order valence-corrected chi connectivity index (χ3v) is 6.18. The number of hydrogen-bond donors (Lipinski definition) is 1. The normalized spacial score (nSPS) is 16.1. The standard InChI is InChI=1S/C24H31N3O.ClH/c1-18-8-10-21(11-9-18)26-14-12-25(13-15-26)16-22(28)17-27-20(3)19(2)23-6-4-5-7-24(23)27;/h4-11,22,28H,12-17H2,1-3H3;1H. The third kappa shape index (κ3) is 4.61. The monoisotopic (exact) mass is 413 g/mol. The van der Waals surface area contributed by atoms with E-state index < -0.39 is 0 Å². The maximum absolute atomic E-state index is 10.8. The van der Waals surface area contributed by atoms with Crippen molar-refractivity contribution in [3.63, 3.8) is 0 Å². The number of para-hydroxylation sites is 1. The fourth-order valence-electron chi connectivity index (χ4n) is 4.35. The summed E-state index contributed by atoms with van der Waals surface area (Å²) < 4.78 is 2.28. The third-order valence-electron chi connectivity index (χ3n) is 6.18. The summed E-state index contributed by atoms with van der Waals surface area (Å²) in [6.07, 6.45) is -0.361. The summed E-state index contributed by atoms with van der Waals surface area (Å²) in [7, 11) is 0. The predicted molar refractivity (Wildman–Crippen MR) is 124 cm³/mol. The molecule has 1 N–H and O–H groups in total. The Morgan fingerprint density at radius 2 is 1.52 bits per heavy atom. The Labute approximate surface area is 180 Å². The lowest BCUT2D eigenvalue weighted by Gasteiger charge is -2.37. The van der Waals surface area contributed by atoms with Gasteiger partial charge in [0, 0.05) is 55.0 Å². The van der Waals surface area contributed by atoms with Gasteiger partial charge in [-0.2, -0.15) is 0 Å². The van der Waals surface area contributed by atoms with E-state index in [-0.39, 0.29) is 18.5 Å². The van der Waals surface area contributed by atoms with Crippen LogP contribution < -0.4 is 4.90 Å². The first-order valence-corrected chi connectivity index (χ1v) is 10.3. The number of nitrogens with zero attached hydrogens (tertiary/aromatic N) is 3. The lowest BCUT2D eigenvalue weighted by atomic mass is 10.2. The van der Waals surface area contributed by atoms with Crippen LogP contribution >= 0.6 is 12.4 Å². The molecule has 4 rings (SSSR count). The van der Waals surface area contributed by atoms with Crippen molar-refractivity contribution < 1.29 is 5.11 Å². The molecule has 0 saturated carbocycles. The fourth-order valence-corrected chi connectivity index (χ4v) is 4.35. The summed E-state index contributed by atoms with van der Waals surface area (Å²) in [6.45, 7) is 11.9. The van der Waals surface area contributed by atoms with Crippen molar-refractivity contribution in [2.45, 2.75) is 33.4 Å². The van der Waals surface area contributed by atoms with Gasteiger partial charge in [0.15, 0.2) is 0 Å². The quantitative estimate of drug-likeness (QED) is 0.681. The number of anilines is 1. The van der Waals surface area contributed by atoms with E-state index in [0.717, 1.165) is 32.7 Å². The molecule has 3 aromatic rings. The van der Waals surface area contributed by atoms with Crippen molar-refractivity contribution in [1.82, 2.24) is 9.47 Å². The van der Waals surface area contributed by atoms with E-state index in [4.69, 9.17) is 0 Å². The second-order valence-electron chi connectivity index (χ2n) is 8.12. The number of rotatable bonds is 5. The van der Waals surface area contributed by atoms with Crippen LogP contribution in [0.5, 0.6) is 0 Å². The molecule has 0 spiro atoms. The first-order chi connectivity index (χ1) is 13.5. The lowest BCUT2D eigenvalue weighted by molar-refractivity contribution is 0.0956. The number of aryl methyl sites for hydroxylation is 2. The van der Waals surface area contributed by atoms with Crippen LogP contribution in [-0.2, 0) is 6.54 Å². The molecule has 4 nitrogen and oxygen atoms in total. The molecule has 0 bridgehead atoms. The van der Waals surface area contributed by atoms with Gasteiger partial charge < -0.3 is 14.6 Å². The first kappa shape index (κ1) is 21.7. The summed E-state index contributed by atoms with van der Waals surface area (Å²) in [5.41, 5.74) is 6.39. The number of β-amino-alcohol motifs (C(OH)–C–C–N with tert-alkyl or cyclic N) is 1. The van der Waals surface area contributed by atoms with Crippen LogP contribution in [0.3, 0.4) is 0 Å². The number of halogens is 1. The van der Waals surface area contributed by atoms with Crippen LogP contribution in [0.15, 0.2) is 48.5 Å². The van der Waals surface area contributed by atoms with Crippen molar-refractivity contribution in [2.75, 3.05) is 37.6 Å². The van der Waals surface area contributed by atoms with Crippen LogP contribution in [0.4, 0.5) is 5.69 Å². The highest BCUT2D eigenvalue weighted by Gasteiger charge is 2.21. The van der Waals surface area contributed by atoms with Crippen molar-refractivity contribution in [2.24, 2.45) is 0 Å². The zero-order valence-electron chi connectivity index (χ0n) is 17.6. The van der Waals surface area contributed by atoms with E-state index in [9.17, 15) is 5.11 Å². The Balaban J connectivity index is 0.00000240. The van der Waals surface area contributed by atoms with Gasteiger partial charge in [0.1, 0.15) is 0 Å². The minimum Gasteiger partial charge on any atom is -0.390 e. The topological polar surface area (TPSA) is 31.6 Å². The molecule has 2 heterocycles. The summed E-state index contributed by atoms with van der Waals surface area (Å²) in [5, 5.41) is 12.1. The highest BCUT2D eigenvalue weighted by atomic mass is 35.5. The molecule has 5 heteroatoms. The fraction of sp³-hybridized carbons (Fsp3) is 0.417. The van der Waals surface area contributed by atoms with E-state index >= 15 is 0 Å². The highest BCUT2D eigenvalue weighted by molar-refractivity contribution is 5.85. The van der Waals surface area contributed by atoms with E-state index in [0.29, 0.717) is 6.54 Å². The molecular formula is C24H32ClN3O. The molecule has 1 unspecified atom stereocenters. The Bertz CT molecular complexity index is 943. The number of aliphatic hydroxyl groups is 1. The molecule has 29 heavy (non-hydrogen) atoms. The minimum atomic E-state index is -0.361. The van der Waals surface area contributed by atoms with Gasteiger partial charge in [0.25, 0.3) is 0 Å². The average Bonchev–Trinajstić information content (AvgIpc) is 2.94. The van der Waals surface area contributed by atoms with Crippen LogP contribution in [0, 0.1) is 20.8 Å². The summed E-state index contributed by atoms with van der Waals surface area (Å²) in [4.78, 5) is 4.83. The molecule has 1 aliphatic heterocycles. The molecule has 1 aliphatic rings. The van der Waals surface area contributed by atoms with Crippen molar-refractivity contribution >= 4 is 29.0 Å². The van der Waals surface area contributed by atoms with Gasteiger partial charge in [-0.3, -0.25) is 4.90 Å². The minimum absolute atomic E-state index is 0. The molecule has 1 fully saturated rings. The Morgan fingerprint density at radius 1 is 0.862 bits per heavy atom. The zero-order valence-corrected chi connectivity index (χ0v) is 18.5. The number of aliphatic hydroxyl groups excluding tert-OH is 1. The van der Waals surface area contributed by atoms with Crippen LogP contribution in [-0.4, -0.2) is 53.4 Å². The predicted octanol–water partition coefficient (Wildman–Crippen LogP) is 4.17. The maximum atomic E-state index is 10.8. The Kier molecular flexibility index (Phi) is 6.89. The number of aromatic nitrogens is 1. The van der Waals surface area contributed by atoms with Gasteiger partial charge in [-0.15, -0.1) is 12.4 Å². The Hall–Kier alpha value is -2.01. The smallest absolute Gasteiger partial charge is 0.0845 e. The summed E-state index contributed by atoms with van der Waals surface area (Å²) >= 11 is 0. The highest BCUT2D eigenvalue weighted by Crippen LogP contribution is 2.25. The van der Waals surface area contributed by atoms with Crippen molar-refractivity contribution in [1.29, 1.82) is 0 Å². The molecule has 1 atom stereocenters. The number of fused-ring (bicyclic) bond motifs is 1. The van der Waals surface area contributed by atoms with Crippen LogP contribution in [0.1, 0.15) is 16.8 Å². The van der Waals surface area contributed by atoms with Crippen LogP contribution in [0.25, 0.3) is 10.9 Å². The van der Waals surface area contributed by atoms with Crippen LogP contribution in [0.2, 0.25) is 0 Å². The summed E-state index contributed by atoms with van der Waals surface area (Å²) in [5.74, 6) is 0. The molecule has 1 aromatic heterocycles. The molecule has 0 amide bonds. The van der Waals surface area contributed by atoms with Crippen molar-refractivity contribution in [3.05, 3.63) is 65.4 Å². The zero-order chi connectivity index (χ0) is 19.7. The van der Waals surface area contributed by atoms with E-state index in [2.05, 4.69) is 83.7 Å². The van der Waals surface area contributed by atoms with Crippen molar-refractivity contribution in [3.8, 4) is 0 Å².